The first-order valence-corrected chi connectivity index (χ1v) is 10.0. The van der Waals surface area contributed by atoms with Crippen LogP contribution in [0.1, 0.15) is 65.2 Å². The summed E-state index contributed by atoms with van der Waals surface area (Å²) in [6.07, 6.45) is 6.50. The van der Waals surface area contributed by atoms with Crippen LogP contribution >= 0.6 is 0 Å². The maximum atomic E-state index is 12.1. The van der Waals surface area contributed by atoms with Crippen LogP contribution < -0.4 is 14.2 Å². The first-order valence-electron chi connectivity index (χ1n) is 10.0. The quantitative estimate of drug-likeness (QED) is 0.253. The fourth-order valence-corrected chi connectivity index (χ4v) is 2.66. The number of carbonyl (C=O) groups is 2. The van der Waals surface area contributed by atoms with Crippen LogP contribution in [0.15, 0.2) is 18.2 Å². The number of hydrogen-bond donors (Lipinski definition) is 0. The van der Waals surface area contributed by atoms with Crippen molar-refractivity contribution in [3.63, 3.8) is 0 Å². The average molecular weight is 395 g/mol. The predicted octanol–water partition coefficient (Wildman–Crippen LogP) is 4.93. The van der Waals surface area contributed by atoms with Crippen molar-refractivity contribution in [2.24, 2.45) is 5.92 Å². The highest BCUT2D eigenvalue weighted by atomic mass is 16.6. The summed E-state index contributed by atoms with van der Waals surface area (Å²) in [5.74, 6) is 1.24. The van der Waals surface area contributed by atoms with Crippen LogP contribution in [-0.2, 0) is 14.3 Å². The molecule has 28 heavy (non-hydrogen) atoms. The molecule has 6 nitrogen and oxygen atoms in total. The Hall–Kier alpha value is -2.24. The van der Waals surface area contributed by atoms with E-state index in [1.54, 1.807) is 18.2 Å². The third-order valence-corrected chi connectivity index (χ3v) is 4.19. The molecule has 0 aliphatic rings. The number of benzene rings is 1. The molecule has 0 fully saturated rings. The molecular formula is C22H34O6. The molecule has 0 bridgehead atoms. The van der Waals surface area contributed by atoms with E-state index in [0.29, 0.717) is 42.6 Å². The molecule has 1 aromatic carbocycles. The molecule has 158 valence electrons. The van der Waals surface area contributed by atoms with Gasteiger partial charge in [-0.2, -0.15) is 0 Å². The van der Waals surface area contributed by atoms with Gasteiger partial charge in [0.05, 0.1) is 20.8 Å². The lowest BCUT2D eigenvalue weighted by molar-refractivity contribution is -0.144. The normalized spacial score (nSPS) is 10.6. The van der Waals surface area contributed by atoms with Crippen LogP contribution in [0.2, 0.25) is 0 Å². The largest absolute Gasteiger partial charge is 0.493 e. The number of esters is 2. The Kier molecular flexibility index (Phi) is 11.8. The van der Waals surface area contributed by atoms with Crippen molar-refractivity contribution in [1.82, 2.24) is 0 Å². The van der Waals surface area contributed by atoms with Gasteiger partial charge in [-0.3, -0.25) is 9.59 Å². The van der Waals surface area contributed by atoms with Crippen molar-refractivity contribution in [1.29, 1.82) is 0 Å². The van der Waals surface area contributed by atoms with Crippen LogP contribution in [0.25, 0.3) is 0 Å². The molecule has 0 radical (unpaired) electrons. The van der Waals surface area contributed by atoms with E-state index in [-0.39, 0.29) is 11.9 Å². The molecule has 0 spiro atoms. The van der Waals surface area contributed by atoms with E-state index in [9.17, 15) is 9.59 Å². The van der Waals surface area contributed by atoms with Crippen molar-refractivity contribution < 1.29 is 28.5 Å². The Morgan fingerprint density at radius 1 is 0.821 bits per heavy atom. The van der Waals surface area contributed by atoms with Gasteiger partial charge in [0.15, 0.2) is 11.5 Å². The summed E-state index contributed by atoms with van der Waals surface area (Å²) in [5, 5.41) is 0. The second-order valence-corrected chi connectivity index (χ2v) is 7.16. The molecule has 0 heterocycles. The summed E-state index contributed by atoms with van der Waals surface area (Å²) >= 11 is 0. The molecule has 0 aliphatic heterocycles. The third kappa shape index (κ3) is 9.62. The smallest absolute Gasteiger partial charge is 0.311 e. The molecule has 0 aliphatic carbocycles. The number of rotatable bonds is 14. The SMILES string of the molecule is COc1cccc(OC)c1OC(=O)CCCCCCCCC(=O)OCC(C)C. The topological polar surface area (TPSA) is 71.1 Å². The average Bonchev–Trinajstić information content (AvgIpc) is 2.68. The van der Waals surface area contributed by atoms with Crippen LogP contribution in [0.4, 0.5) is 0 Å². The molecule has 1 aromatic rings. The van der Waals surface area contributed by atoms with Gasteiger partial charge < -0.3 is 18.9 Å². The van der Waals surface area contributed by atoms with Gasteiger partial charge in [-0.15, -0.1) is 0 Å². The van der Waals surface area contributed by atoms with Crippen molar-refractivity contribution in [3.05, 3.63) is 18.2 Å². The Balaban J connectivity index is 2.14. The van der Waals surface area contributed by atoms with Gasteiger partial charge in [-0.05, 0) is 30.9 Å². The summed E-state index contributed by atoms with van der Waals surface area (Å²) in [4.78, 5) is 23.6. The van der Waals surface area contributed by atoms with Gasteiger partial charge in [-0.1, -0.05) is 45.6 Å². The summed E-state index contributed by atoms with van der Waals surface area (Å²) in [6.45, 7) is 4.54. The minimum atomic E-state index is -0.296. The minimum Gasteiger partial charge on any atom is -0.493 e. The van der Waals surface area contributed by atoms with Gasteiger partial charge >= 0.3 is 11.9 Å². The van der Waals surface area contributed by atoms with Crippen molar-refractivity contribution >= 4 is 11.9 Å². The van der Waals surface area contributed by atoms with Gasteiger partial charge in [0.25, 0.3) is 0 Å². The molecule has 6 heteroatoms. The predicted molar refractivity (Wildman–Crippen MR) is 108 cm³/mol. The lowest BCUT2D eigenvalue weighted by Crippen LogP contribution is -2.09. The highest BCUT2D eigenvalue weighted by Gasteiger charge is 2.15. The number of ether oxygens (including phenoxy) is 4. The number of carbonyl (C=O) groups excluding carboxylic acids is 2. The maximum absolute atomic E-state index is 12.1. The summed E-state index contributed by atoms with van der Waals surface area (Å²) in [6, 6.07) is 5.23. The van der Waals surface area contributed by atoms with Crippen LogP contribution in [0, 0.1) is 5.92 Å². The first kappa shape index (κ1) is 23.8. The molecule has 0 saturated heterocycles. The molecule has 0 aromatic heterocycles. The highest BCUT2D eigenvalue weighted by Crippen LogP contribution is 2.37. The summed E-state index contributed by atoms with van der Waals surface area (Å²) in [5.41, 5.74) is 0. The Morgan fingerprint density at radius 2 is 1.32 bits per heavy atom. The minimum absolute atomic E-state index is 0.108. The molecule has 0 N–H and O–H groups in total. The number of para-hydroxylation sites is 1. The van der Waals surface area contributed by atoms with Crippen LogP contribution in [0.5, 0.6) is 17.2 Å². The zero-order valence-electron chi connectivity index (χ0n) is 17.6. The van der Waals surface area contributed by atoms with Gasteiger partial charge in [0.2, 0.25) is 5.75 Å². The number of methoxy groups -OCH3 is 2. The Morgan fingerprint density at radius 3 is 1.82 bits per heavy atom. The maximum Gasteiger partial charge on any atom is 0.311 e. The van der Waals surface area contributed by atoms with Crippen molar-refractivity contribution in [2.45, 2.75) is 65.2 Å². The lowest BCUT2D eigenvalue weighted by Gasteiger charge is -2.12. The molecular weight excluding hydrogens is 360 g/mol. The zero-order valence-corrected chi connectivity index (χ0v) is 17.6. The fraction of sp³-hybridized carbons (Fsp3) is 0.636. The lowest BCUT2D eigenvalue weighted by atomic mass is 10.1. The summed E-state index contributed by atoms with van der Waals surface area (Å²) < 4.78 is 21.0. The zero-order chi connectivity index (χ0) is 20.8. The standard InChI is InChI=1S/C22H34O6/c1-17(2)16-27-20(23)14-9-7-5-6-8-10-15-21(24)28-22-18(25-3)12-11-13-19(22)26-4/h11-13,17H,5-10,14-16H2,1-4H3. The third-order valence-electron chi connectivity index (χ3n) is 4.19. The Labute approximate surface area is 168 Å². The van der Waals surface area contributed by atoms with Crippen molar-refractivity contribution in [3.8, 4) is 17.2 Å². The van der Waals surface area contributed by atoms with E-state index in [2.05, 4.69) is 0 Å². The second kappa shape index (κ2) is 13.9. The number of hydrogen-bond acceptors (Lipinski definition) is 6. The fourth-order valence-electron chi connectivity index (χ4n) is 2.66. The van der Waals surface area contributed by atoms with Crippen LogP contribution in [0.3, 0.4) is 0 Å². The van der Waals surface area contributed by atoms with E-state index >= 15 is 0 Å². The molecule has 0 amide bonds. The highest BCUT2D eigenvalue weighted by molar-refractivity contribution is 5.74. The molecule has 0 atom stereocenters. The number of unbranched alkanes of at least 4 members (excludes halogenated alkanes) is 5. The molecule has 1 rings (SSSR count). The van der Waals surface area contributed by atoms with E-state index < -0.39 is 0 Å². The monoisotopic (exact) mass is 394 g/mol. The summed E-state index contributed by atoms with van der Waals surface area (Å²) in [7, 11) is 3.05. The van der Waals surface area contributed by atoms with Gasteiger partial charge in [0.1, 0.15) is 0 Å². The van der Waals surface area contributed by atoms with E-state index in [1.165, 1.54) is 14.2 Å². The van der Waals surface area contributed by atoms with E-state index in [0.717, 1.165) is 38.5 Å². The molecule has 0 unspecified atom stereocenters. The van der Waals surface area contributed by atoms with Gasteiger partial charge in [-0.25, -0.2) is 0 Å². The first-order chi connectivity index (χ1) is 13.5. The molecule has 0 saturated carbocycles. The van der Waals surface area contributed by atoms with Crippen LogP contribution in [-0.4, -0.2) is 32.8 Å². The van der Waals surface area contributed by atoms with Crippen molar-refractivity contribution in [2.75, 3.05) is 20.8 Å². The van der Waals surface area contributed by atoms with E-state index in [1.807, 2.05) is 13.8 Å². The second-order valence-electron chi connectivity index (χ2n) is 7.16. The van der Waals surface area contributed by atoms with E-state index in [4.69, 9.17) is 18.9 Å². The Bertz CT molecular complexity index is 574. The van der Waals surface area contributed by atoms with Gasteiger partial charge in [0, 0.05) is 12.8 Å².